The maximum atomic E-state index is 11.8. The quantitative estimate of drug-likeness (QED) is 0.676. The van der Waals surface area contributed by atoms with Gasteiger partial charge in [0.05, 0.1) is 18.6 Å². The Labute approximate surface area is 96.4 Å². The van der Waals surface area contributed by atoms with Gasteiger partial charge in [-0.05, 0) is 12.8 Å². The second-order valence-electron chi connectivity index (χ2n) is 3.72. The van der Waals surface area contributed by atoms with E-state index in [0.717, 1.165) is 12.8 Å². The standard InChI is InChI=1S/C9H17N3O3S/c1-15-6-4-11-16(13,14)12-5-2-3-9(7-10)8-12/h9,11H,2-6,8H2,1H3. The highest BCUT2D eigenvalue weighted by Gasteiger charge is 2.28. The highest BCUT2D eigenvalue weighted by Crippen LogP contribution is 2.17. The minimum atomic E-state index is -3.45. The van der Waals surface area contributed by atoms with Gasteiger partial charge in [0.25, 0.3) is 10.2 Å². The van der Waals surface area contributed by atoms with E-state index >= 15 is 0 Å². The lowest BCUT2D eigenvalue weighted by atomic mass is 10.0. The molecule has 1 aliphatic rings. The van der Waals surface area contributed by atoms with Crippen molar-refractivity contribution in [2.24, 2.45) is 5.92 Å². The molecular weight excluding hydrogens is 230 g/mol. The molecule has 1 saturated heterocycles. The van der Waals surface area contributed by atoms with Crippen molar-refractivity contribution in [3.05, 3.63) is 0 Å². The first kappa shape index (κ1) is 13.4. The Kier molecular flexibility index (Phi) is 5.15. The number of methoxy groups -OCH3 is 1. The molecule has 1 rings (SSSR count). The van der Waals surface area contributed by atoms with E-state index in [9.17, 15) is 8.42 Å². The molecule has 0 radical (unpaired) electrons. The highest BCUT2D eigenvalue weighted by atomic mass is 32.2. The van der Waals surface area contributed by atoms with Gasteiger partial charge < -0.3 is 4.74 Å². The Bertz CT molecular complexity index is 350. The molecule has 92 valence electrons. The summed E-state index contributed by atoms with van der Waals surface area (Å²) in [6, 6.07) is 2.11. The Hall–Kier alpha value is -0.680. The molecule has 0 bridgehead atoms. The molecule has 1 fully saturated rings. The maximum absolute atomic E-state index is 11.8. The predicted molar refractivity (Wildman–Crippen MR) is 58.7 cm³/mol. The van der Waals surface area contributed by atoms with Crippen LogP contribution in [0.4, 0.5) is 0 Å². The van der Waals surface area contributed by atoms with E-state index in [1.165, 1.54) is 11.4 Å². The highest BCUT2D eigenvalue weighted by molar-refractivity contribution is 7.87. The molecule has 0 aromatic carbocycles. The van der Waals surface area contributed by atoms with Crippen LogP contribution in [-0.4, -0.2) is 46.1 Å². The Morgan fingerprint density at radius 3 is 3.00 bits per heavy atom. The van der Waals surface area contributed by atoms with Gasteiger partial charge in [0.15, 0.2) is 0 Å². The van der Waals surface area contributed by atoms with Crippen LogP contribution in [0.3, 0.4) is 0 Å². The fourth-order valence-corrected chi connectivity index (χ4v) is 2.90. The summed E-state index contributed by atoms with van der Waals surface area (Å²) in [5.41, 5.74) is 0. The number of rotatable bonds is 5. The summed E-state index contributed by atoms with van der Waals surface area (Å²) in [6.07, 6.45) is 1.52. The zero-order chi connectivity index (χ0) is 12.0. The normalized spacial score (nSPS) is 22.9. The molecule has 0 aliphatic carbocycles. The average molecular weight is 247 g/mol. The van der Waals surface area contributed by atoms with Gasteiger partial charge in [-0.1, -0.05) is 0 Å². The maximum Gasteiger partial charge on any atom is 0.279 e. The first-order valence-electron chi connectivity index (χ1n) is 5.23. The summed E-state index contributed by atoms with van der Waals surface area (Å²) in [7, 11) is -1.93. The summed E-state index contributed by atoms with van der Waals surface area (Å²) in [4.78, 5) is 0. The molecule has 1 unspecified atom stereocenters. The van der Waals surface area contributed by atoms with Gasteiger partial charge in [-0.25, -0.2) is 0 Å². The van der Waals surface area contributed by atoms with Gasteiger partial charge in [-0.3, -0.25) is 0 Å². The van der Waals surface area contributed by atoms with Gasteiger partial charge in [0.2, 0.25) is 0 Å². The van der Waals surface area contributed by atoms with E-state index in [2.05, 4.69) is 10.8 Å². The van der Waals surface area contributed by atoms with Crippen LogP contribution in [0.2, 0.25) is 0 Å². The summed E-state index contributed by atoms with van der Waals surface area (Å²) >= 11 is 0. The van der Waals surface area contributed by atoms with Gasteiger partial charge in [-0.2, -0.15) is 22.7 Å². The minimum absolute atomic E-state index is 0.187. The van der Waals surface area contributed by atoms with E-state index in [1.54, 1.807) is 0 Å². The minimum Gasteiger partial charge on any atom is -0.383 e. The van der Waals surface area contributed by atoms with Crippen molar-refractivity contribution in [3.63, 3.8) is 0 Å². The zero-order valence-electron chi connectivity index (χ0n) is 9.35. The van der Waals surface area contributed by atoms with Crippen molar-refractivity contribution >= 4 is 10.2 Å². The molecule has 1 heterocycles. The number of nitriles is 1. The van der Waals surface area contributed by atoms with Crippen molar-refractivity contribution in [1.82, 2.24) is 9.03 Å². The number of nitrogens with zero attached hydrogens (tertiary/aromatic N) is 2. The van der Waals surface area contributed by atoms with Crippen LogP contribution in [0.1, 0.15) is 12.8 Å². The van der Waals surface area contributed by atoms with Crippen LogP contribution in [0, 0.1) is 17.2 Å². The van der Waals surface area contributed by atoms with Crippen molar-refractivity contribution in [1.29, 1.82) is 5.26 Å². The van der Waals surface area contributed by atoms with Crippen LogP contribution in [0.15, 0.2) is 0 Å². The van der Waals surface area contributed by atoms with Gasteiger partial charge in [0.1, 0.15) is 0 Å². The van der Waals surface area contributed by atoms with Crippen molar-refractivity contribution in [2.45, 2.75) is 12.8 Å². The summed E-state index contributed by atoms with van der Waals surface area (Å²) in [6.45, 7) is 1.38. The Balaban J connectivity index is 2.51. The summed E-state index contributed by atoms with van der Waals surface area (Å²) in [5, 5.41) is 8.78. The molecule has 1 aliphatic heterocycles. The molecule has 1 atom stereocenters. The number of hydrogen-bond donors (Lipinski definition) is 1. The largest absolute Gasteiger partial charge is 0.383 e. The third-order valence-electron chi connectivity index (χ3n) is 2.50. The molecule has 0 amide bonds. The summed E-state index contributed by atoms with van der Waals surface area (Å²) in [5.74, 6) is -0.187. The lowest BCUT2D eigenvalue weighted by Crippen LogP contribution is -2.46. The molecule has 1 N–H and O–H groups in total. The SMILES string of the molecule is COCCNS(=O)(=O)N1CCCC(C#N)C1. The fourth-order valence-electron chi connectivity index (χ4n) is 1.63. The summed E-state index contributed by atoms with van der Waals surface area (Å²) < 4.78 is 32.1. The van der Waals surface area contributed by atoms with Gasteiger partial charge in [0, 0.05) is 26.7 Å². The number of ether oxygens (including phenoxy) is 1. The van der Waals surface area contributed by atoms with Crippen molar-refractivity contribution in [3.8, 4) is 6.07 Å². The van der Waals surface area contributed by atoms with Crippen LogP contribution in [-0.2, 0) is 14.9 Å². The van der Waals surface area contributed by atoms with E-state index in [4.69, 9.17) is 10.00 Å². The van der Waals surface area contributed by atoms with E-state index in [0.29, 0.717) is 19.7 Å². The van der Waals surface area contributed by atoms with Gasteiger partial charge >= 0.3 is 0 Å². The van der Waals surface area contributed by atoms with Crippen molar-refractivity contribution in [2.75, 3.05) is 33.4 Å². The topological polar surface area (TPSA) is 82.4 Å². The molecule has 0 aromatic rings. The monoisotopic (exact) mass is 247 g/mol. The lowest BCUT2D eigenvalue weighted by Gasteiger charge is -2.28. The molecule has 16 heavy (non-hydrogen) atoms. The van der Waals surface area contributed by atoms with E-state index < -0.39 is 10.2 Å². The molecular formula is C9H17N3O3S. The van der Waals surface area contributed by atoms with Crippen LogP contribution in [0.25, 0.3) is 0 Å². The number of nitrogens with one attached hydrogen (secondary N) is 1. The smallest absolute Gasteiger partial charge is 0.279 e. The lowest BCUT2D eigenvalue weighted by molar-refractivity contribution is 0.203. The fraction of sp³-hybridized carbons (Fsp3) is 0.889. The Morgan fingerprint density at radius 2 is 2.38 bits per heavy atom. The third-order valence-corrected chi connectivity index (χ3v) is 4.08. The molecule has 6 nitrogen and oxygen atoms in total. The first-order valence-corrected chi connectivity index (χ1v) is 6.67. The second kappa shape index (κ2) is 6.15. The molecule has 7 heteroatoms. The van der Waals surface area contributed by atoms with E-state index in [-0.39, 0.29) is 12.5 Å². The second-order valence-corrected chi connectivity index (χ2v) is 5.47. The van der Waals surface area contributed by atoms with Crippen LogP contribution in [0.5, 0.6) is 0 Å². The number of piperidine rings is 1. The number of hydrogen-bond acceptors (Lipinski definition) is 4. The van der Waals surface area contributed by atoms with Crippen LogP contribution < -0.4 is 4.72 Å². The zero-order valence-corrected chi connectivity index (χ0v) is 10.2. The average Bonchev–Trinajstić information content (AvgIpc) is 2.29. The molecule has 0 saturated carbocycles. The molecule has 0 aromatic heterocycles. The van der Waals surface area contributed by atoms with Crippen LogP contribution >= 0.6 is 0 Å². The Morgan fingerprint density at radius 1 is 1.62 bits per heavy atom. The third kappa shape index (κ3) is 3.72. The van der Waals surface area contributed by atoms with Gasteiger partial charge in [-0.15, -0.1) is 0 Å². The first-order chi connectivity index (χ1) is 7.60. The van der Waals surface area contributed by atoms with Crippen molar-refractivity contribution < 1.29 is 13.2 Å². The predicted octanol–water partition coefficient (Wildman–Crippen LogP) is -0.297. The molecule has 0 spiro atoms. The van der Waals surface area contributed by atoms with E-state index in [1.807, 2.05) is 0 Å².